The van der Waals surface area contributed by atoms with Crippen molar-refractivity contribution < 1.29 is 17.9 Å². The van der Waals surface area contributed by atoms with Crippen LogP contribution in [0.25, 0.3) is 22.4 Å². The molecule has 0 unspecified atom stereocenters. The highest BCUT2D eigenvalue weighted by atomic mass is 35.5. The van der Waals surface area contributed by atoms with E-state index >= 15 is 0 Å². The molecule has 1 N–H and O–H groups in total. The van der Waals surface area contributed by atoms with Crippen LogP contribution in [0.3, 0.4) is 0 Å². The zero-order chi connectivity index (χ0) is 25.2. The van der Waals surface area contributed by atoms with Crippen molar-refractivity contribution in [3.8, 4) is 28.1 Å². The number of anilines is 1. The number of ether oxygens (including phenoxy) is 1. The highest BCUT2D eigenvalue weighted by molar-refractivity contribution is 7.90. The summed E-state index contributed by atoms with van der Waals surface area (Å²) < 4.78 is 29.9. The number of nitrogens with zero attached hydrogens (tertiary/aromatic N) is 1. The van der Waals surface area contributed by atoms with Crippen molar-refractivity contribution in [2.45, 2.75) is 11.8 Å². The zero-order valence-corrected chi connectivity index (χ0v) is 20.9. The van der Waals surface area contributed by atoms with E-state index in [-0.39, 0.29) is 4.90 Å². The number of amides is 1. The van der Waals surface area contributed by atoms with Crippen LogP contribution in [0.1, 0.15) is 15.9 Å². The van der Waals surface area contributed by atoms with Gasteiger partial charge in [0.15, 0.2) is 9.84 Å². The Morgan fingerprint density at radius 3 is 2.46 bits per heavy atom. The number of nitrogens with one attached hydrogen (secondary N) is 1. The first-order valence-corrected chi connectivity index (χ1v) is 13.0. The van der Waals surface area contributed by atoms with Crippen molar-refractivity contribution in [1.29, 1.82) is 0 Å². The molecule has 0 fully saturated rings. The fraction of sp³-hybridized carbons (Fsp3) is 0.111. The molecule has 178 valence electrons. The molecular weight excluding hydrogens is 484 g/mol. The van der Waals surface area contributed by atoms with Gasteiger partial charge >= 0.3 is 0 Å². The number of aryl methyl sites for hydroxylation is 1. The van der Waals surface area contributed by atoms with Crippen molar-refractivity contribution in [3.63, 3.8) is 0 Å². The molecule has 8 heteroatoms. The number of sulfone groups is 1. The van der Waals surface area contributed by atoms with Crippen LogP contribution >= 0.6 is 11.6 Å². The fourth-order valence-corrected chi connectivity index (χ4v) is 4.56. The molecule has 4 rings (SSSR count). The number of carbonyl (C=O) groups is 1. The van der Waals surface area contributed by atoms with Crippen LogP contribution in [0.2, 0.25) is 5.02 Å². The maximum atomic E-state index is 13.4. The molecule has 35 heavy (non-hydrogen) atoms. The van der Waals surface area contributed by atoms with Crippen LogP contribution in [0.4, 0.5) is 5.69 Å². The topological polar surface area (TPSA) is 85.4 Å². The average molecular weight is 507 g/mol. The van der Waals surface area contributed by atoms with Crippen LogP contribution in [0.5, 0.6) is 5.75 Å². The lowest BCUT2D eigenvalue weighted by Gasteiger charge is -2.15. The highest BCUT2D eigenvalue weighted by Gasteiger charge is 2.19. The number of aromatic nitrogens is 1. The average Bonchev–Trinajstić information content (AvgIpc) is 2.85. The number of benzene rings is 3. The second-order valence-electron chi connectivity index (χ2n) is 8.03. The standard InChI is InChI=1S/C27H23ClN2O4S/c1-17-7-8-18(14-26(17)34-2)22-16-20(35(3,32)33)10-11-21(22)27(31)30-19-9-12-24(28)23(15-19)25-6-4-5-13-29-25/h4-16H,1-3H3,(H,30,31). The summed E-state index contributed by atoms with van der Waals surface area (Å²) in [7, 11) is -1.92. The zero-order valence-electron chi connectivity index (χ0n) is 19.4. The molecule has 6 nitrogen and oxygen atoms in total. The molecule has 0 bridgehead atoms. The largest absolute Gasteiger partial charge is 0.496 e. The van der Waals surface area contributed by atoms with Crippen LogP contribution in [-0.4, -0.2) is 32.7 Å². The predicted octanol–water partition coefficient (Wildman–Crippen LogP) is 6.04. The van der Waals surface area contributed by atoms with Crippen molar-refractivity contribution in [1.82, 2.24) is 4.98 Å². The number of halogens is 1. The van der Waals surface area contributed by atoms with Gasteiger partial charge in [0.25, 0.3) is 5.91 Å². The van der Waals surface area contributed by atoms with Crippen molar-refractivity contribution in [3.05, 3.63) is 95.1 Å². The molecule has 0 saturated heterocycles. The molecular formula is C27H23ClN2O4S. The summed E-state index contributed by atoms with van der Waals surface area (Å²) in [5, 5.41) is 3.40. The molecule has 4 aromatic rings. The van der Waals surface area contributed by atoms with E-state index in [0.29, 0.717) is 44.4 Å². The smallest absolute Gasteiger partial charge is 0.256 e. The van der Waals surface area contributed by atoms with Gasteiger partial charge in [-0.2, -0.15) is 0 Å². The summed E-state index contributed by atoms with van der Waals surface area (Å²) in [6.45, 7) is 1.91. The molecule has 0 radical (unpaired) electrons. The number of methoxy groups -OCH3 is 1. The third-order valence-electron chi connectivity index (χ3n) is 5.55. The van der Waals surface area contributed by atoms with E-state index < -0.39 is 15.7 Å². The first-order chi connectivity index (χ1) is 16.7. The first kappa shape index (κ1) is 24.4. The van der Waals surface area contributed by atoms with Gasteiger partial charge in [-0.3, -0.25) is 9.78 Å². The lowest BCUT2D eigenvalue weighted by atomic mass is 9.97. The van der Waals surface area contributed by atoms with E-state index in [4.69, 9.17) is 16.3 Å². The fourth-order valence-electron chi connectivity index (χ4n) is 3.70. The molecule has 1 aromatic heterocycles. The third kappa shape index (κ3) is 5.37. The quantitative estimate of drug-likeness (QED) is 0.344. The molecule has 0 aliphatic heterocycles. The Morgan fingerprint density at radius 2 is 1.77 bits per heavy atom. The van der Waals surface area contributed by atoms with Crippen molar-refractivity contribution in [2.75, 3.05) is 18.7 Å². The van der Waals surface area contributed by atoms with Gasteiger partial charge in [0.1, 0.15) is 5.75 Å². The van der Waals surface area contributed by atoms with E-state index in [1.807, 2.05) is 37.3 Å². The van der Waals surface area contributed by atoms with E-state index in [9.17, 15) is 13.2 Å². The van der Waals surface area contributed by atoms with Crippen molar-refractivity contribution >= 4 is 33.0 Å². The summed E-state index contributed by atoms with van der Waals surface area (Å²) >= 11 is 6.37. The maximum absolute atomic E-state index is 13.4. The van der Waals surface area contributed by atoms with Gasteiger partial charge in [-0.25, -0.2) is 8.42 Å². The minimum atomic E-state index is -3.48. The second kappa shape index (κ2) is 9.90. The second-order valence-corrected chi connectivity index (χ2v) is 10.5. The predicted molar refractivity (Wildman–Crippen MR) is 139 cm³/mol. The Balaban J connectivity index is 1.77. The monoisotopic (exact) mass is 506 g/mol. The lowest BCUT2D eigenvalue weighted by molar-refractivity contribution is 0.102. The minimum absolute atomic E-state index is 0.118. The van der Waals surface area contributed by atoms with Gasteiger partial charge in [-0.05, 0) is 78.2 Å². The summed E-state index contributed by atoms with van der Waals surface area (Å²) in [6, 6.07) is 20.6. The Morgan fingerprint density at radius 1 is 0.971 bits per heavy atom. The Bertz CT molecular complexity index is 1520. The van der Waals surface area contributed by atoms with Gasteiger partial charge in [-0.15, -0.1) is 0 Å². The van der Waals surface area contributed by atoms with Crippen molar-refractivity contribution in [2.24, 2.45) is 0 Å². The SMILES string of the molecule is COc1cc(-c2cc(S(C)(=O)=O)ccc2C(=O)Nc2ccc(Cl)c(-c3ccccn3)c2)ccc1C. The summed E-state index contributed by atoms with van der Waals surface area (Å²) in [4.78, 5) is 17.8. The summed E-state index contributed by atoms with van der Waals surface area (Å²) in [6.07, 6.45) is 2.80. The van der Waals surface area contributed by atoms with E-state index in [0.717, 1.165) is 11.8 Å². The Kier molecular flexibility index (Phi) is 6.91. The van der Waals surface area contributed by atoms with Gasteiger partial charge in [0, 0.05) is 29.3 Å². The number of hydrogen-bond donors (Lipinski definition) is 1. The van der Waals surface area contributed by atoms with Crippen LogP contribution in [0.15, 0.2) is 83.9 Å². The van der Waals surface area contributed by atoms with E-state index in [2.05, 4.69) is 10.3 Å². The number of carbonyl (C=O) groups excluding carboxylic acids is 1. The van der Waals surface area contributed by atoms with E-state index in [1.54, 1.807) is 37.6 Å². The van der Waals surface area contributed by atoms with Gasteiger partial charge in [-0.1, -0.05) is 29.8 Å². The van der Waals surface area contributed by atoms with Gasteiger partial charge in [0.05, 0.1) is 22.7 Å². The number of rotatable bonds is 6. The summed E-state index contributed by atoms with van der Waals surface area (Å²) in [5.74, 6) is 0.241. The van der Waals surface area contributed by atoms with Crippen LogP contribution in [0, 0.1) is 6.92 Å². The summed E-state index contributed by atoms with van der Waals surface area (Å²) in [5.41, 5.74) is 4.26. The molecule has 0 aliphatic carbocycles. The Hall–Kier alpha value is -3.68. The maximum Gasteiger partial charge on any atom is 0.256 e. The number of hydrogen-bond acceptors (Lipinski definition) is 5. The molecule has 1 amide bonds. The molecule has 0 saturated carbocycles. The highest BCUT2D eigenvalue weighted by Crippen LogP contribution is 2.33. The Labute approximate surface area is 209 Å². The van der Waals surface area contributed by atoms with Crippen LogP contribution < -0.4 is 10.1 Å². The van der Waals surface area contributed by atoms with Gasteiger partial charge < -0.3 is 10.1 Å². The molecule has 3 aromatic carbocycles. The first-order valence-electron chi connectivity index (χ1n) is 10.7. The van der Waals surface area contributed by atoms with E-state index in [1.165, 1.54) is 18.2 Å². The molecule has 1 heterocycles. The minimum Gasteiger partial charge on any atom is -0.496 e. The number of pyridine rings is 1. The molecule has 0 spiro atoms. The molecule has 0 atom stereocenters. The molecule has 0 aliphatic rings. The normalized spacial score (nSPS) is 11.2. The van der Waals surface area contributed by atoms with Crippen LogP contribution in [-0.2, 0) is 9.84 Å². The third-order valence-corrected chi connectivity index (χ3v) is 6.99. The lowest BCUT2D eigenvalue weighted by Crippen LogP contribution is -2.14. The van der Waals surface area contributed by atoms with Gasteiger partial charge in [0.2, 0.25) is 0 Å².